The topological polar surface area (TPSA) is 44.4 Å². The molecule has 0 aromatic rings. The second-order valence-corrected chi connectivity index (χ2v) is 5.12. The van der Waals surface area contributed by atoms with Gasteiger partial charge in [-0.2, -0.15) is 0 Å². The average Bonchev–Trinajstić information content (AvgIpc) is 3.04. The van der Waals surface area contributed by atoms with Crippen LogP contribution in [-0.2, 0) is 4.79 Å². The quantitative estimate of drug-likeness (QED) is 0.632. The first-order valence-corrected chi connectivity index (χ1v) is 6.22. The van der Waals surface area contributed by atoms with Crippen molar-refractivity contribution in [1.29, 1.82) is 0 Å². The Morgan fingerprint density at radius 1 is 1.44 bits per heavy atom. The first-order valence-electron chi connectivity index (χ1n) is 6.22. The van der Waals surface area contributed by atoms with Gasteiger partial charge in [0.15, 0.2) is 0 Å². The third-order valence-electron chi connectivity index (χ3n) is 2.91. The standard InChI is InChI=1S/C12H25N3O/c1-10(6-7-15(2)3)13-9-12(16)14-8-11-4-5-11/h10-11,13H,4-9H2,1-3H3,(H,14,16). The summed E-state index contributed by atoms with van der Waals surface area (Å²) >= 11 is 0. The fraction of sp³-hybridized carbons (Fsp3) is 0.917. The molecule has 0 spiro atoms. The smallest absolute Gasteiger partial charge is 0.233 e. The van der Waals surface area contributed by atoms with Crippen LogP contribution < -0.4 is 10.6 Å². The molecule has 1 rings (SSSR count). The molecule has 1 atom stereocenters. The number of carbonyl (C=O) groups excluding carboxylic acids is 1. The summed E-state index contributed by atoms with van der Waals surface area (Å²) in [5.41, 5.74) is 0. The number of nitrogens with one attached hydrogen (secondary N) is 2. The lowest BCUT2D eigenvalue weighted by Gasteiger charge is -2.16. The van der Waals surface area contributed by atoms with E-state index in [0.717, 1.165) is 25.4 Å². The van der Waals surface area contributed by atoms with Crippen LogP contribution in [-0.4, -0.2) is 50.6 Å². The van der Waals surface area contributed by atoms with Crippen molar-refractivity contribution < 1.29 is 4.79 Å². The molecule has 1 amide bonds. The predicted octanol–water partition coefficient (Wildman–Crippen LogP) is 0.442. The van der Waals surface area contributed by atoms with Crippen LogP contribution in [0, 0.1) is 5.92 Å². The summed E-state index contributed by atoms with van der Waals surface area (Å²) in [5.74, 6) is 0.888. The summed E-state index contributed by atoms with van der Waals surface area (Å²) < 4.78 is 0. The minimum atomic E-state index is 0.128. The van der Waals surface area contributed by atoms with Crippen LogP contribution in [0.2, 0.25) is 0 Å². The molecular formula is C12H25N3O. The van der Waals surface area contributed by atoms with Gasteiger partial charge in [-0.05, 0) is 52.7 Å². The van der Waals surface area contributed by atoms with E-state index in [-0.39, 0.29) is 5.91 Å². The Hall–Kier alpha value is -0.610. The van der Waals surface area contributed by atoms with Crippen LogP contribution >= 0.6 is 0 Å². The highest BCUT2D eigenvalue weighted by molar-refractivity contribution is 5.78. The monoisotopic (exact) mass is 227 g/mol. The summed E-state index contributed by atoms with van der Waals surface area (Å²) in [6, 6.07) is 0.397. The van der Waals surface area contributed by atoms with Crippen molar-refractivity contribution >= 4 is 5.91 Å². The molecule has 1 unspecified atom stereocenters. The predicted molar refractivity (Wildman–Crippen MR) is 66.4 cm³/mol. The molecule has 1 aliphatic rings. The molecule has 0 saturated heterocycles. The molecule has 2 N–H and O–H groups in total. The van der Waals surface area contributed by atoms with Gasteiger partial charge in [0.2, 0.25) is 5.91 Å². The van der Waals surface area contributed by atoms with Gasteiger partial charge < -0.3 is 15.5 Å². The number of carbonyl (C=O) groups is 1. The molecule has 0 heterocycles. The van der Waals surface area contributed by atoms with Crippen molar-refractivity contribution in [3.8, 4) is 0 Å². The zero-order valence-electron chi connectivity index (χ0n) is 10.8. The molecule has 0 radical (unpaired) electrons. The fourth-order valence-corrected chi connectivity index (χ4v) is 1.46. The number of nitrogens with zero attached hydrogens (tertiary/aromatic N) is 1. The van der Waals surface area contributed by atoms with Crippen molar-refractivity contribution in [3.63, 3.8) is 0 Å². The average molecular weight is 227 g/mol. The second kappa shape index (κ2) is 6.86. The molecule has 0 bridgehead atoms. The van der Waals surface area contributed by atoms with Gasteiger partial charge in [0.25, 0.3) is 0 Å². The SMILES string of the molecule is CC(CCN(C)C)NCC(=O)NCC1CC1. The van der Waals surface area contributed by atoms with Crippen molar-refractivity contribution in [3.05, 3.63) is 0 Å². The van der Waals surface area contributed by atoms with Crippen LogP contribution in [0.25, 0.3) is 0 Å². The summed E-state index contributed by atoms with van der Waals surface area (Å²) in [7, 11) is 4.13. The third kappa shape index (κ3) is 6.80. The molecule has 16 heavy (non-hydrogen) atoms. The van der Waals surface area contributed by atoms with E-state index >= 15 is 0 Å². The maximum atomic E-state index is 11.4. The Morgan fingerprint density at radius 2 is 2.12 bits per heavy atom. The molecule has 0 aliphatic heterocycles. The number of rotatable bonds is 8. The van der Waals surface area contributed by atoms with Crippen molar-refractivity contribution in [2.45, 2.75) is 32.2 Å². The molecular weight excluding hydrogens is 202 g/mol. The third-order valence-corrected chi connectivity index (χ3v) is 2.91. The van der Waals surface area contributed by atoms with Gasteiger partial charge in [-0.3, -0.25) is 4.79 Å². The van der Waals surface area contributed by atoms with Crippen molar-refractivity contribution in [2.24, 2.45) is 5.92 Å². The van der Waals surface area contributed by atoms with E-state index in [1.165, 1.54) is 12.8 Å². The summed E-state index contributed by atoms with van der Waals surface area (Å²) in [5, 5.41) is 6.20. The summed E-state index contributed by atoms with van der Waals surface area (Å²) in [6.07, 6.45) is 3.64. The van der Waals surface area contributed by atoms with Gasteiger partial charge in [-0.15, -0.1) is 0 Å². The zero-order chi connectivity index (χ0) is 12.0. The Bertz CT molecular complexity index is 214. The largest absolute Gasteiger partial charge is 0.355 e. The van der Waals surface area contributed by atoms with Crippen LogP contribution in [0.1, 0.15) is 26.2 Å². The van der Waals surface area contributed by atoms with Gasteiger partial charge in [-0.25, -0.2) is 0 Å². The molecule has 1 aliphatic carbocycles. The van der Waals surface area contributed by atoms with Crippen LogP contribution in [0.4, 0.5) is 0 Å². The number of hydrogen-bond donors (Lipinski definition) is 2. The van der Waals surface area contributed by atoms with Crippen LogP contribution in [0.3, 0.4) is 0 Å². The highest BCUT2D eigenvalue weighted by Crippen LogP contribution is 2.27. The molecule has 4 heteroatoms. The van der Waals surface area contributed by atoms with E-state index < -0.39 is 0 Å². The van der Waals surface area contributed by atoms with Gasteiger partial charge >= 0.3 is 0 Å². The zero-order valence-corrected chi connectivity index (χ0v) is 10.8. The van der Waals surface area contributed by atoms with Gasteiger partial charge in [0, 0.05) is 12.6 Å². The molecule has 4 nitrogen and oxygen atoms in total. The van der Waals surface area contributed by atoms with Crippen molar-refractivity contribution in [2.75, 3.05) is 33.7 Å². The van der Waals surface area contributed by atoms with Crippen LogP contribution in [0.15, 0.2) is 0 Å². The first-order chi connectivity index (χ1) is 7.58. The second-order valence-electron chi connectivity index (χ2n) is 5.12. The van der Waals surface area contributed by atoms with Gasteiger partial charge in [-0.1, -0.05) is 0 Å². The lowest BCUT2D eigenvalue weighted by Crippen LogP contribution is -2.39. The Balaban J connectivity index is 1.96. The Kier molecular flexibility index (Phi) is 5.77. The number of hydrogen-bond acceptors (Lipinski definition) is 3. The fourth-order valence-electron chi connectivity index (χ4n) is 1.46. The highest BCUT2D eigenvalue weighted by atomic mass is 16.1. The molecule has 1 fully saturated rings. The maximum Gasteiger partial charge on any atom is 0.233 e. The van der Waals surface area contributed by atoms with E-state index in [2.05, 4.69) is 36.6 Å². The highest BCUT2D eigenvalue weighted by Gasteiger charge is 2.21. The molecule has 0 aromatic carbocycles. The Morgan fingerprint density at radius 3 is 2.69 bits per heavy atom. The van der Waals surface area contributed by atoms with Crippen LogP contribution in [0.5, 0.6) is 0 Å². The lowest BCUT2D eigenvalue weighted by atomic mass is 10.2. The van der Waals surface area contributed by atoms with E-state index in [1.807, 2.05) is 0 Å². The normalized spacial score (nSPS) is 17.5. The van der Waals surface area contributed by atoms with E-state index in [9.17, 15) is 4.79 Å². The number of amides is 1. The minimum absolute atomic E-state index is 0.128. The molecule has 94 valence electrons. The van der Waals surface area contributed by atoms with E-state index in [4.69, 9.17) is 0 Å². The first kappa shape index (κ1) is 13.5. The minimum Gasteiger partial charge on any atom is -0.355 e. The molecule has 0 aromatic heterocycles. The Labute approximate surface area is 98.8 Å². The van der Waals surface area contributed by atoms with Crippen molar-refractivity contribution in [1.82, 2.24) is 15.5 Å². The molecule has 1 saturated carbocycles. The summed E-state index contributed by atoms with van der Waals surface area (Å²) in [4.78, 5) is 13.6. The summed E-state index contributed by atoms with van der Waals surface area (Å²) in [6.45, 7) is 4.49. The van der Waals surface area contributed by atoms with Gasteiger partial charge in [0.05, 0.1) is 6.54 Å². The van der Waals surface area contributed by atoms with Gasteiger partial charge in [0.1, 0.15) is 0 Å². The van der Waals surface area contributed by atoms with E-state index in [1.54, 1.807) is 0 Å². The van der Waals surface area contributed by atoms with E-state index in [0.29, 0.717) is 12.6 Å². The lowest BCUT2D eigenvalue weighted by molar-refractivity contribution is -0.120. The maximum absolute atomic E-state index is 11.4.